The monoisotopic (exact) mass is 337 g/mol. The maximum Gasteiger partial charge on any atom is 0.238 e. The summed E-state index contributed by atoms with van der Waals surface area (Å²) in [5.74, 6) is 0.0604. The number of carbonyl (C=O) groups excluding carboxylic acids is 1. The quantitative estimate of drug-likeness (QED) is 0.928. The minimum atomic E-state index is 0.0604. The molecule has 1 N–H and O–H groups in total. The summed E-state index contributed by atoms with van der Waals surface area (Å²) in [6.45, 7) is 9.54. The molecule has 0 aliphatic carbocycles. The van der Waals surface area contributed by atoms with E-state index in [0.717, 1.165) is 30.9 Å². The topological polar surface area (TPSA) is 35.6 Å². The normalized spacial score (nSPS) is 18.2. The summed E-state index contributed by atoms with van der Waals surface area (Å²) >= 11 is 0. The molecule has 1 fully saturated rings. The van der Waals surface area contributed by atoms with Crippen molar-refractivity contribution in [2.75, 3.05) is 36.4 Å². The van der Waals surface area contributed by atoms with E-state index in [-0.39, 0.29) is 5.91 Å². The van der Waals surface area contributed by atoms with Crippen LogP contribution in [0.25, 0.3) is 0 Å². The first kappa shape index (κ1) is 17.5. The summed E-state index contributed by atoms with van der Waals surface area (Å²) in [6.07, 6.45) is 0. The number of benzene rings is 2. The van der Waals surface area contributed by atoms with E-state index in [2.05, 4.69) is 53.2 Å². The van der Waals surface area contributed by atoms with Gasteiger partial charge in [0.15, 0.2) is 0 Å². The molecule has 132 valence electrons. The lowest BCUT2D eigenvalue weighted by Gasteiger charge is -2.41. The molecule has 25 heavy (non-hydrogen) atoms. The van der Waals surface area contributed by atoms with Crippen molar-refractivity contribution in [1.29, 1.82) is 0 Å². The van der Waals surface area contributed by atoms with Gasteiger partial charge in [0.25, 0.3) is 0 Å². The van der Waals surface area contributed by atoms with E-state index in [9.17, 15) is 4.79 Å². The number of para-hydroxylation sites is 1. The van der Waals surface area contributed by atoms with Gasteiger partial charge in [-0.3, -0.25) is 9.69 Å². The minimum absolute atomic E-state index is 0.0604. The molecular formula is C21H27N3O. The second-order valence-electron chi connectivity index (χ2n) is 6.98. The largest absolute Gasteiger partial charge is 0.366 e. The molecule has 2 aromatic carbocycles. The first-order valence-corrected chi connectivity index (χ1v) is 8.94. The van der Waals surface area contributed by atoms with Gasteiger partial charge in [-0.05, 0) is 44.5 Å². The fourth-order valence-corrected chi connectivity index (χ4v) is 3.40. The van der Waals surface area contributed by atoms with Crippen LogP contribution in [0.5, 0.6) is 0 Å². The Bertz CT molecular complexity index is 726. The van der Waals surface area contributed by atoms with Gasteiger partial charge in [-0.2, -0.15) is 0 Å². The summed E-state index contributed by atoms with van der Waals surface area (Å²) in [5, 5.41) is 3.03. The van der Waals surface area contributed by atoms with Gasteiger partial charge in [-0.15, -0.1) is 0 Å². The van der Waals surface area contributed by atoms with Crippen molar-refractivity contribution in [2.45, 2.75) is 26.8 Å². The zero-order valence-electron chi connectivity index (χ0n) is 15.3. The van der Waals surface area contributed by atoms with Crippen molar-refractivity contribution < 1.29 is 4.79 Å². The first-order valence-electron chi connectivity index (χ1n) is 8.94. The minimum Gasteiger partial charge on any atom is -0.366 e. The predicted octanol–water partition coefficient (Wildman–Crippen LogP) is 3.45. The van der Waals surface area contributed by atoms with E-state index < -0.39 is 0 Å². The van der Waals surface area contributed by atoms with Crippen LogP contribution in [-0.2, 0) is 4.79 Å². The van der Waals surface area contributed by atoms with Gasteiger partial charge >= 0.3 is 0 Å². The van der Waals surface area contributed by atoms with Gasteiger partial charge in [0.2, 0.25) is 5.91 Å². The van der Waals surface area contributed by atoms with Crippen LogP contribution in [0.15, 0.2) is 48.5 Å². The van der Waals surface area contributed by atoms with Gasteiger partial charge in [-0.1, -0.05) is 35.9 Å². The predicted molar refractivity (Wildman–Crippen MR) is 104 cm³/mol. The molecule has 3 rings (SSSR count). The van der Waals surface area contributed by atoms with Crippen LogP contribution in [0.4, 0.5) is 11.4 Å². The van der Waals surface area contributed by atoms with Crippen LogP contribution in [0.2, 0.25) is 0 Å². The average molecular weight is 337 g/mol. The number of hydrogen-bond donors (Lipinski definition) is 1. The van der Waals surface area contributed by atoms with Crippen molar-refractivity contribution >= 4 is 17.3 Å². The lowest BCUT2D eigenvalue weighted by molar-refractivity contribution is -0.117. The van der Waals surface area contributed by atoms with Crippen LogP contribution in [0.3, 0.4) is 0 Å². The Morgan fingerprint density at radius 3 is 2.48 bits per heavy atom. The molecule has 1 aliphatic heterocycles. The molecule has 0 bridgehead atoms. The molecule has 4 nitrogen and oxygen atoms in total. The lowest BCUT2D eigenvalue weighted by Crippen LogP contribution is -2.53. The highest BCUT2D eigenvalue weighted by atomic mass is 16.2. The molecule has 0 spiro atoms. The second-order valence-corrected chi connectivity index (χ2v) is 6.98. The van der Waals surface area contributed by atoms with Crippen LogP contribution in [0.1, 0.15) is 18.1 Å². The Hall–Kier alpha value is -2.33. The molecule has 2 aromatic rings. The third-order valence-electron chi connectivity index (χ3n) is 4.86. The maximum absolute atomic E-state index is 12.4. The zero-order valence-corrected chi connectivity index (χ0v) is 15.3. The number of carbonyl (C=O) groups is 1. The number of amides is 1. The van der Waals surface area contributed by atoms with Crippen LogP contribution < -0.4 is 10.2 Å². The highest BCUT2D eigenvalue weighted by molar-refractivity contribution is 5.92. The van der Waals surface area contributed by atoms with E-state index in [1.165, 1.54) is 11.3 Å². The number of nitrogens with zero attached hydrogens (tertiary/aromatic N) is 2. The third-order valence-corrected chi connectivity index (χ3v) is 4.86. The van der Waals surface area contributed by atoms with Crippen molar-refractivity contribution in [3.63, 3.8) is 0 Å². The molecule has 1 heterocycles. The van der Waals surface area contributed by atoms with Crippen molar-refractivity contribution in [2.24, 2.45) is 0 Å². The summed E-state index contributed by atoms with van der Waals surface area (Å²) in [6, 6.07) is 17.0. The van der Waals surface area contributed by atoms with Crippen LogP contribution in [0, 0.1) is 13.8 Å². The number of nitrogens with one attached hydrogen (secondary N) is 1. The fraction of sp³-hybridized carbons (Fsp3) is 0.381. The Morgan fingerprint density at radius 1 is 1.08 bits per heavy atom. The summed E-state index contributed by atoms with van der Waals surface area (Å²) in [7, 11) is 0. The smallest absolute Gasteiger partial charge is 0.238 e. The van der Waals surface area contributed by atoms with Crippen LogP contribution in [-0.4, -0.2) is 43.0 Å². The molecule has 1 saturated heterocycles. The Morgan fingerprint density at radius 2 is 1.80 bits per heavy atom. The summed E-state index contributed by atoms with van der Waals surface area (Å²) in [4.78, 5) is 17.0. The third kappa shape index (κ3) is 4.40. The van der Waals surface area contributed by atoms with Crippen LogP contribution >= 0.6 is 0 Å². The van der Waals surface area contributed by atoms with Crippen molar-refractivity contribution in [3.05, 3.63) is 59.7 Å². The summed E-state index contributed by atoms with van der Waals surface area (Å²) < 4.78 is 0. The first-order chi connectivity index (χ1) is 12.0. The van der Waals surface area contributed by atoms with Gasteiger partial charge in [0.1, 0.15) is 0 Å². The standard InChI is InChI=1S/C21H27N3O/c1-16-8-10-19(11-9-16)24-13-12-23(14-18(24)3)15-21(25)22-20-7-5-4-6-17(20)2/h4-11,18H,12-15H2,1-3H3,(H,22,25)/t18-/m1/s1. The van der Waals surface area contributed by atoms with E-state index in [4.69, 9.17) is 0 Å². The molecule has 0 radical (unpaired) electrons. The van der Waals surface area contributed by atoms with Crippen molar-refractivity contribution in [1.82, 2.24) is 4.90 Å². The van der Waals surface area contributed by atoms with Gasteiger partial charge in [-0.25, -0.2) is 0 Å². The van der Waals surface area contributed by atoms with E-state index in [1.54, 1.807) is 0 Å². The molecule has 1 atom stereocenters. The Balaban J connectivity index is 1.55. The fourth-order valence-electron chi connectivity index (χ4n) is 3.40. The molecule has 4 heteroatoms. The Kier molecular flexibility index (Phi) is 5.39. The van der Waals surface area contributed by atoms with Gasteiger partial charge < -0.3 is 10.2 Å². The van der Waals surface area contributed by atoms with Crippen molar-refractivity contribution in [3.8, 4) is 0 Å². The number of aryl methyl sites for hydroxylation is 2. The maximum atomic E-state index is 12.4. The molecular weight excluding hydrogens is 310 g/mol. The molecule has 0 unspecified atom stereocenters. The highest BCUT2D eigenvalue weighted by Gasteiger charge is 2.25. The van der Waals surface area contributed by atoms with Gasteiger partial charge in [0, 0.05) is 37.1 Å². The second kappa shape index (κ2) is 7.70. The molecule has 1 amide bonds. The van der Waals surface area contributed by atoms with E-state index in [0.29, 0.717) is 12.6 Å². The summed E-state index contributed by atoms with van der Waals surface area (Å²) in [5.41, 5.74) is 4.54. The molecule has 1 aliphatic rings. The zero-order chi connectivity index (χ0) is 17.8. The number of hydrogen-bond acceptors (Lipinski definition) is 3. The Labute approximate surface area is 150 Å². The number of rotatable bonds is 4. The lowest BCUT2D eigenvalue weighted by atomic mass is 10.1. The SMILES string of the molecule is Cc1ccc(N2CCN(CC(=O)Nc3ccccc3C)C[C@H]2C)cc1. The number of piperazine rings is 1. The van der Waals surface area contributed by atoms with Gasteiger partial charge in [0.05, 0.1) is 6.54 Å². The molecule has 0 aromatic heterocycles. The average Bonchev–Trinajstić information content (AvgIpc) is 2.58. The number of anilines is 2. The molecule has 0 saturated carbocycles. The van der Waals surface area contributed by atoms with E-state index >= 15 is 0 Å². The van der Waals surface area contributed by atoms with E-state index in [1.807, 2.05) is 31.2 Å². The highest BCUT2D eigenvalue weighted by Crippen LogP contribution is 2.21.